The number of hydrogen-bond donors (Lipinski definition) is 2. The zero-order valence-corrected chi connectivity index (χ0v) is 14.5. The monoisotopic (exact) mass is 322 g/mol. The van der Waals surface area contributed by atoms with Crippen LogP contribution in [0.3, 0.4) is 0 Å². The molecule has 0 bridgehead atoms. The first kappa shape index (κ1) is 16.0. The summed E-state index contributed by atoms with van der Waals surface area (Å²) < 4.78 is 0. The molecule has 2 heterocycles. The van der Waals surface area contributed by atoms with Gasteiger partial charge in [0.25, 0.3) is 0 Å². The molecule has 1 atom stereocenters. The van der Waals surface area contributed by atoms with E-state index in [4.69, 9.17) is 0 Å². The van der Waals surface area contributed by atoms with Crippen LogP contribution in [0.4, 0.5) is 0 Å². The van der Waals surface area contributed by atoms with Crippen molar-refractivity contribution in [1.82, 2.24) is 15.6 Å². The van der Waals surface area contributed by atoms with E-state index in [9.17, 15) is 0 Å². The molecule has 0 fully saturated rings. The van der Waals surface area contributed by atoms with E-state index in [1.807, 2.05) is 6.92 Å². The van der Waals surface area contributed by atoms with Crippen LogP contribution < -0.4 is 10.6 Å². The molecule has 2 aromatic rings. The van der Waals surface area contributed by atoms with Crippen molar-refractivity contribution in [3.05, 3.63) is 38.5 Å². The van der Waals surface area contributed by atoms with Gasteiger partial charge in [0.05, 0.1) is 23.3 Å². The van der Waals surface area contributed by atoms with Gasteiger partial charge < -0.3 is 10.6 Å². The molecule has 0 aliphatic heterocycles. The average molecular weight is 323 g/mol. The highest BCUT2D eigenvalue weighted by Crippen LogP contribution is 2.18. The summed E-state index contributed by atoms with van der Waals surface area (Å²) in [6, 6.07) is 4.79. The maximum Gasteiger partial charge on any atom is 0.192 e. The van der Waals surface area contributed by atoms with E-state index in [0.29, 0.717) is 12.6 Å². The third kappa shape index (κ3) is 5.13. The molecule has 0 spiro atoms. The van der Waals surface area contributed by atoms with Crippen LogP contribution in [0.2, 0.25) is 0 Å². The maximum atomic E-state index is 4.64. The van der Waals surface area contributed by atoms with Gasteiger partial charge in [-0.1, -0.05) is 6.07 Å². The molecule has 6 heteroatoms. The fraction of sp³-hybridized carbons (Fsp3) is 0.467. The molecule has 0 aromatic carbocycles. The molecule has 2 aromatic heterocycles. The molecule has 21 heavy (non-hydrogen) atoms. The van der Waals surface area contributed by atoms with Crippen molar-refractivity contribution < 1.29 is 0 Å². The lowest BCUT2D eigenvalue weighted by atomic mass is 10.3. The topological polar surface area (TPSA) is 49.3 Å². The molecule has 0 aliphatic rings. The number of nitrogens with one attached hydrogen (secondary N) is 2. The average Bonchev–Trinajstić information content (AvgIpc) is 3.06. The number of aryl methyl sites for hydroxylation is 1. The third-order valence-corrected chi connectivity index (χ3v) is 4.69. The van der Waals surface area contributed by atoms with Crippen LogP contribution >= 0.6 is 22.7 Å². The zero-order chi connectivity index (χ0) is 15.2. The Morgan fingerprint density at radius 3 is 2.67 bits per heavy atom. The molecule has 4 nitrogen and oxygen atoms in total. The van der Waals surface area contributed by atoms with Crippen molar-refractivity contribution >= 4 is 28.6 Å². The number of aromatic nitrogens is 1. The Labute approximate surface area is 134 Å². The van der Waals surface area contributed by atoms with Gasteiger partial charge in [0.1, 0.15) is 0 Å². The fourth-order valence-corrected chi connectivity index (χ4v) is 3.20. The van der Waals surface area contributed by atoms with Crippen LogP contribution in [0.1, 0.15) is 42.4 Å². The highest BCUT2D eigenvalue weighted by atomic mass is 32.1. The quantitative estimate of drug-likeness (QED) is 0.651. The Bertz CT molecular complexity index is 572. The van der Waals surface area contributed by atoms with Crippen molar-refractivity contribution in [1.29, 1.82) is 0 Å². The second kappa shape index (κ2) is 7.56. The molecule has 1 unspecified atom stereocenters. The SMILES string of the molecule is Cc1nc(CN=C(NC(C)C)NC(C)c2cccs2)cs1. The highest BCUT2D eigenvalue weighted by molar-refractivity contribution is 7.10. The van der Waals surface area contributed by atoms with Gasteiger partial charge in [0.15, 0.2) is 5.96 Å². The number of guanidine groups is 1. The van der Waals surface area contributed by atoms with E-state index < -0.39 is 0 Å². The summed E-state index contributed by atoms with van der Waals surface area (Å²) in [6.45, 7) is 8.99. The Balaban J connectivity index is 2.03. The minimum absolute atomic E-state index is 0.243. The predicted molar refractivity (Wildman–Crippen MR) is 92.1 cm³/mol. The molecule has 0 saturated carbocycles. The molecule has 2 N–H and O–H groups in total. The number of nitrogens with zero attached hydrogens (tertiary/aromatic N) is 2. The summed E-state index contributed by atoms with van der Waals surface area (Å²) in [5, 5.41) is 12.1. The van der Waals surface area contributed by atoms with E-state index >= 15 is 0 Å². The standard InChI is InChI=1S/C15H22N4S2/c1-10(2)17-15(16-8-13-9-21-12(4)19-13)18-11(3)14-6-5-7-20-14/h5-7,9-11H,8H2,1-4H3,(H2,16,17,18). The van der Waals surface area contributed by atoms with Gasteiger partial charge in [-0.2, -0.15) is 0 Å². The van der Waals surface area contributed by atoms with E-state index in [1.54, 1.807) is 22.7 Å². The van der Waals surface area contributed by atoms with Gasteiger partial charge in [-0.3, -0.25) is 0 Å². The second-order valence-electron chi connectivity index (χ2n) is 5.20. The molecular formula is C15H22N4S2. The lowest BCUT2D eigenvalue weighted by Crippen LogP contribution is -2.42. The lowest BCUT2D eigenvalue weighted by molar-refractivity contribution is 0.652. The largest absolute Gasteiger partial charge is 0.354 e. The first-order chi connectivity index (χ1) is 10.0. The van der Waals surface area contributed by atoms with Gasteiger partial charge in [0, 0.05) is 16.3 Å². The molecule has 0 aliphatic carbocycles. The van der Waals surface area contributed by atoms with Crippen molar-refractivity contribution in [2.45, 2.75) is 46.3 Å². The Morgan fingerprint density at radius 2 is 2.10 bits per heavy atom. The molecule has 2 rings (SSSR count). The van der Waals surface area contributed by atoms with Crippen LogP contribution in [-0.2, 0) is 6.54 Å². The molecule has 0 saturated heterocycles. The molecule has 114 valence electrons. The predicted octanol–water partition coefficient (Wildman–Crippen LogP) is 3.72. The van der Waals surface area contributed by atoms with Crippen LogP contribution in [0.5, 0.6) is 0 Å². The zero-order valence-electron chi connectivity index (χ0n) is 12.9. The van der Waals surface area contributed by atoms with E-state index in [-0.39, 0.29) is 6.04 Å². The van der Waals surface area contributed by atoms with Crippen molar-refractivity contribution in [2.75, 3.05) is 0 Å². The third-order valence-electron chi connectivity index (χ3n) is 2.81. The lowest BCUT2D eigenvalue weighted by Gasteiger charge is -2.19. The Morgan fingerprint density at radius 1 is 1.29 bits per heavy atom. The summed E-state index contributed by atoms with van der Waals surface area (Å²) in [7, 11) is 0. The summed E-state index contributed by atoms with van der Waals surface area (Å²) in [4.78, 5) is 10.4. The normalized spacial score (nSPS) is 13.5. The first-order valence-corrected chi connectivity index (χ1v) is 8.82. The first-order valence-electron chi connectivity index (χ1n) is 7.06. The van der Waals surface area contributed by atoms with Gasteiger partial charge in [-0.15, -0.1) is 22.7 Å². The van der Waals surface area contributed by atoms with Gasteiger partial charge in [-0.05, 0) is 39.1 Å². The number of thiazole rings is 1. The molecule has 0 amide bonds. The Kier molecular flexibility index (Phi) is 5.76. The highest BCUT2D eigenvalue weighted by Gasteiger charge is 2.10. The number of rotatable bonds is 5. The summed E-state index contributed by atoms with van der Waals surface area (Å²) in [5.41, 5.74) is 1.02. The van der Waals surface area contributed by atoms with Crippen LogP contribution in [0.15, 0.2) is 27.9 Å². The number of aliphatic imine (C=N–C) groups is 1. The maximum absolute atomic E-state index is 4.64. The van der Waals surface area contributed by atoms with Crippen LogP contribution in [0, 0.1) is 6.92 Å². The Hall–Kier alpha value is -1.40. The second-order valence-corrected chi connectivity index (χ2v) is 7.24. The van der Waals surface area contributed by atoms with E-state index in [1.165, 1.54) is 4.88 Å². The smallest absolute Gasteiger partial charge is 0.192 e. The molecular weight excluding hydrogens is 300 g/mol. The summed E-state index contributed by atoms with van der Waals surface area (Å²) in [6.07, 6.45) is 0. The number of hydrogen-bond acceptors (Lipinski definition) is 4. The summed E-state index contributed by atoms with van der Waals surface area (Å²) in [5.74, 6) is 0.830. The molecule has 0 radical (unpaired) electrons. The van der Waals surface area contributed by atoms with Crippen LogP contribution in [-0.4, -0.2) is 17.0 Å². The van der Waals surface area contributed by atoms with Crippen molar-refractivity contribution in [3.63, 3.8) is 0 Å². The number of thiophene rings is 1. The van der Waals surface area contributed by atoms with E-state index in [0.717, 1.165) is 16.7 Å². The van der Waals surface area contributed by atoms with Crippen molar-refractivity contribution in [3.8, 4) is 0 Å². The minimum Gasteiger partial charge on any atom is -0.354 e. The minimum atomic E-state index is 0.243. The van der Waals surface area contributed by atoms with Crippen LogP contribution in [0.25, 0.3) is 0 Å². The summed E-state index contributed by atoms with van der Waals surface area (Å²) >= 11 is 3.42. The van der Waals surface area contributed by atoms with Gasteiger partial charge in [-0.25, -0.2) is 9.98 Å². The van der Waals surface area contributed by atoms with E-state index in [2.05, 4.69) is 64.3 Å². The fourth-order valence-electron chi connectivity index (χ4n) is 1.86. The van der Waals surface area contributed by atoms with Gasteiger partial charge in [0.2, 0.25) is 0 Å². The van der Waals surface area contributed by atoms with Crippen molar-refractivity contribution in [2.24, 2.45) is 4.99 Å². The van der Waals surface area contributed by atoms with Gasteiger partial charge >= 0.3 is 0 Å².